The molecule has 2 amide bonds. The molecule has 32 heavy (non-hydrogen) atoms. The third kappa shape index (κ3) is 8.77. The molecule has 1 atom stereocenters. The van der Waals surface area contributed by atoms with Crippen molar-refractivity contribution in [3.63, 3.8) is 0 Å². The molecule has 8 nitrogen and oxygen atoms in total. The van der Waals surface area contributed by atoms with Gasteiger partial charge in [0, 0.05) is 12.5 Å². The van der Waals surface area contributed by atoms with E-state index in [4.69, 9.17) is 15.2 Å². The highest BCUT2D eigenvalue weighted by Gasteiger charge is 2.20. The fourth-order valence-corrected chi connectivity index (χ4v) is 4.07. The van der Waals surface area contributed by atoms with Gasteiger partial charge in [0.25, 0.3) is 0 Å². The number of hydrogen-bond acceptors (Lipinski definition) is 5. The molecule has 0 radical (unpaired) electrons. The van der Waals surface area contributed by atoms with Gasteiger partial charge in [-0.2, -0.15) is 0 Å². The number of rotatable bonds is 10. The van der Waals surface area contributed by atoms with Crippen molar-refractivity contribution in [1.29, 1.82) is 0 Å². The highest BCUT2D eigenvalue weighted by molar-refractivity contribution is 5.97. The van der Waals surface area contributed by atoms with Crippen LogP contribution in [0.2, 0.25) is 0 Å². The van der Waals surface area contributed by atoms with E-state index in [1.807, 2.05) is 0 Å². The van der Waals surface area contributed by atoms with Crippen molar-refractivity contribution in [1.82, 2.24) is 10.6 Å². The Morgan fingerprint density at radius 1 is 1.09 bits per heavy atom. The predicted molar refractivity (Wildman–Crippen MR) is 126 cm³/mol. The first-order chi connectivity index (χ1) is 15.3. The summed E-state index contributed by atoms with van der Waals surface area (Å²) in [6.07, 6.45) is 6.75. The van der Waals surface area contributed by atoms with Gasteiger partial charge >= 0.3 is 0 Å². The predicted octanol–water partition coefficient (Wildman–Crippen LogP) is 2.93. The summed E-state index contributed by atoms with van der Waals surface area (Å²) < 4.78 is 10.5. The van der Waals surface area contributed by atoms with Crippen molar-refractivity contribution in [3.8, 4) is 11.5 Å². The number of carbonyl (C=O) groups excluding carboxylic acids is 2. The molecule has 1 fully saturated rings. The van der Waals surface area contributed by atoms with Crippen LogP contribution >= 0.6 is 0 Å². The van der Waals surface area contributed by atoms with Crippen molar-refractivity contribution in [3.05, 3.63) is 23.8 Å². The highest BCUT2D eigenvalue weighted by atomic mass is 16.5. The summed E-state index contributed by atoms with van der Waals surface area (Å²) in [5, 5.41) is 5.77. The number of nitrogens with one attached hydrogen (secondary N) is 2. The van der Waals surface area contributed by atoms with E-state index in [9.17, 15) is 9.59 Å². The fourth-order valence-electron chi connectivity index (χ4n) is 4.07. The number of hydrogen-bond donors (Lipinski definition) is 3. The summed E-state index contributed by atoms with van der Waals surface area (Å²) in [5.74, 6) is 1.25. The minimum Gasteiger partial charge on any atom is -0.493 e. The van der Waals surface area contributed by atoms with Crippen LogP contribution in [-0.2, 0) is 16.0 Å². The van der Waals surface area contributed by atoms with Gasteiger partial charge in [-0.05, 0) is 42.9 Å². The maximum Gasteiger partial charge on any atom is 0.231 e. The van der Waals surface area contributed by atoms with Crippen LogP contribution in [-0.4, -0.2) is 44.1 Å². The van der Waals surface area contributed by atoms with Crippen LogP contribution in [0.25, 0.3) is 0 Å². The minimum absolute atomic E-state index is 0.00393. The Labute approximate surface area is 191 Å². The molecule has 1 aliphatic rings. The standard InChI is InChI=1S/C24H38N4O4/c1-16(2)12-19(15-23(30)26-18-8-6-5-7-9-18)27-24(25)28-22(29)14-17-10-11-20(31-3)21(13-17)32-4/h10-11,13,16,18-19H,5-9,12,14-15H2,1-4H3,(H,26,30)(H3,25,27,28,29)/t19-/m1/s1. The molecule has 1 aromatic carbocycles. The molecule has 0 aromatic heterocycles. The van der Waals surface area contributed by atoms with Crippen LogP contribution in [0, 0.1) is 5.92 Å². The number of carbonyl (C=O) groups is 2. The van der Waals surface area contributed by atoms with Gasteiger partial charge < -0.3 is 20.5 Å². The molecule has 0 saturated heterocycles. The zero-order valence-corrected chi connectivity index (χ0v) is 19.8. The van der Waals surface area contributed by atoms with Crippen LogP contribution in [0.1, 0.15) is 64.4 Å². The molecule has 1 saturated carbocycles. The Kier molecular flexibility index (Phi) is 10.3. The van der Waals surface area contributed by atoms with Gasteiger partial charge in [0.2, 0.25) is 11.8 Å². The van der Waals surface area contributed by atoms with Crippen LogP contribution in [0.5, 0.6) is 11.5 Å². The molecule has 0 spiro atoms. The van der Waals surface area contributed by atoms with Crippen molar-refractivity contribution in [2.45, 2.75) is 77.3 Å². The summed E-state index contributed by atoms with van der Waals surface area (Å²) >= 11 is 0. The number of nitrogens with two attached hydrogens (primary N) is 1. The molecule has 4 N–H and O–H groups in total. The van der Waals surface area contributed by atoms with Gasteiger partial charge in [0.05, 0.1) is 26.7 Å². The topological polar surface area (TPSA) is 115 Å². The van der Waals surface area contributed by atoms with E-state index in [-0.39, 0.29) is 42.7 Å². The number of guanidine groups is 1. The molecule has 0 bridgehead atoms. The van der Waals surface area contributed by atoms with Crippen LogP contribution < -0.4 is 25.8 Å². The Morgan fingerprint density at radius 3 is 2.41 bits per heavy atom. The van der Waals surface area contributed by atoms with E-state index in [2.05, 4.69) is 29.5 Å². The minimum atomic E-state index is -0.284. The van der Waals surface area contributed by atoms with Gasteiger partial charge in [0.15, 0.2) is 17.5 Å². The zero-order chi connectivity index (χ0) is 23.5. The van der Waals surface area contributed by atoms with Gasteiger partial charge in [-0.25, -0.2) is 4.99 Å². The van der Waals surface area contributed by atoms with Crippen molar-refractivity contribution in [2.24, 2.45) is 16.6 Å². The summed E-state index contributed by atoms with van der Waals surface area (Å²) in [7, 11) is 3.11. The van der Waals surface area contributed by atoms with E-state index in [1.165, 1.54) is 6.42 Å². The summed E-state index contributed by atoms with van der Waals surface area (Å²) in [6.45, 7) is 4.15. The Hall–Kier alpha value is -2.77. The first-order valence-corrected chi connectivity index (χ1v) is 11.4. The van der Waals surface area contributed by atoms with E-state index < -0.39 is 0 Å². The lowest BCUT2D eigenvalue weighted by Crippen LogP contribution is -2.40. The second-order valence-corrected chi connectivity index (χ2v) is 8.82. The van der Waals surface area contributed by atoms with Gasteiger partial charge in [-0.3, -0.25) is 14.9 Å². The first kappa shape index (κ1) is 25.5. The summed E-state index contributed by atoms with van der Waals surface area (Å²) in [5.41, 5.74) is 6.77. The Balaban J connectivity index is 1.94. The second-order valence-electron chi connectivity index (χ2n) is 8.82. The van der Waals surface area contributed by atoms with Crippen LogP contribution in [0.3, 0.4) is 0 Å². The lowest BCUT2D eigenvalue weighted by molar-refractivity contribution is -0.122. The van der Waals surface area contributed by atoms with Crippen molar-refractivity contribution in [2.75, 3.05) is 14.2 Å². The normalized spacial score (nSPS) is 15.8. The number of amides is 2. The third-order valence-corrected chi connectivity index (χ3v) is 5.54. The quantitative estimate of drug-likeness (QED) is 0.378. The van der Waals surface area contributed by atoms with Crippen LogP contribution in [0.15, 0.2) is 23.2 Å². The smallest absolute Gasteiger partial charge is 0.231 e. The molecule has 178 valence electrons. The van der Waals surface area contributed by atoms with E-state index in [1.54, 1.807) is 32.4 Å². The lowest BCUT2D eigenvalue weighted by atomic mass is 9.95. The average molecular weight is 447 g/mol. The summed E-state index contributed by atoms with van der Waals surface area (Å²) in [4.78, 5) is 29.4. The number of benzene rings is 1. The highest BCUT2D eigenvalue weighted by Crippen LogP contribution is 2.27. The van der Waals surface area contributed by atoms with E-state index in [0.717, 1.165) is 31.2 Å². The second kappa shape index (κ2) is 12.9. The maximum atomic E-state index is 12.5. The Morgan fingerprint density at radius 2 is 1.78 bits per heavy atom. The number of aliphatic imine (C=N–C) groups is 1. The molecular formula is C24H38N4O4. The molecule has 0 heterocycles. The molecule has 1 aromatic rings. The van der Waals surface area contributed by atoms with Crippen molar-refractivity contribution >= 4 is 17.8 Å². The Bertz CT molecular complexity index is 788. The average Bonchev–Trinajstić information content (AvgIpc) is 2.73. The molecular weight excluding hydrogens is 408 g/mol. The zero-order valence-electron chi connectivity index (χ0n) is 19.8. The number of methoxy groups -OCH3 is 2. The van der Waals surface area contributed by atoms with E-state index >= 15 is 0 Å². The largest absolute Gasteiger partial charge is 0.493 e. The molecule has 1 aliphatic carbocycles. The van der Waals surface area contributed by atoms with Crippen molar-refractivity contribution < 1.29 is 19.1 Å². The summed E-state index contributed by atoms with van der Waals surface area (Å²) in [6, 6.07) is 5.29. The first-order valence-electron chi connectivity index (χ1n) is 11.4. The van der Waals surface area contributed by atoms with Gasteiger partial charge in [-0.15, -0.1) is 0 Å². The number of nitrogens with zero attached hydrogens (tertiary/aromatic N) is 1. The number of ether oxygens (including phenoxy) is 2. The fraction of sp³-hybridized carbons (Fsp3) is 0.625. The van der Waals surface area contributed by atoms with Gasteiger partial charge in [0.1, 0.15) is 0 Å². The van der Waals surface area contributed by atoms with E-state index in [0.29, 0.717) is 23.8 Å². The molecule has 8 heteroatoms. The van der Waals surface area contributed by atoms with Crippen LogP contribution in [0.4, 0.5) is 0 Å². The lowest BCUT2D eigenvalue weighted by Gasteiger charge is -2.24. The molecule has 2 rings (SSSR count). The third-order valence-electron chi connectivity index (χ3n) is 5.54. The van der Waals surface area contributed by atoms with Gasteiger partial charge in [-0.1, -0.05) is 39.2 Å². The monoisotopic (exact) mass is 446 g/mol. The maximum absolute atomic E-state index is 12.5. The molecule has 0 unspecified atom stereocenters. The molecule has 0 aliphatic heterocycles. The SMILES string of the molecule is COc1ccc(CC(=O)NC(N)=N[C@@H](CC(=O)NC2CCCCC2)CC(C)C)cc1OC.